The molecule has 1 aromatic carbocycles. The fourth-order valence-corrected chi connectivity index (χ4v) is 3.79. The number of amides is 1. The summed E-state index contributed by atoms with van der Waals surface area (Å²) < 4.78 is 43.2. The Morgan fingerprint density at radius 2 is 2.15 bits per heavy atom. The lowest BCUT2D eigenvalue weighted by Gasteiger charge is -2.08. The van der Waals surface area contributed by atoms with Crippen molar-refractivity contribution >= 4 is 43.8 Å². The highest BCUT2D eigenvalue weighted by Crippen LogP contribution is 2.29. The van der Waals surface area contributed by atoms with E-state index in [0.717, 1.165) is 6.07 Å². The number of ether oxygens (including phenoxy) is 1. The Hall–Kier alpha value is -2.52. The summed E-state index contributed by atoms with van der Waals surface area (Å²) in [4.78, 5) is 19.9. The van der Waals surface area contributed by atoms with Crippen molar-refractivity contribution in [3.8, 4) is 5.75 Å². The van der Waals surface area contributed by atoms with Crippen LogP contribution in [0.15, 0.2) is 35.5 Å². The second-order valence-corrected chi connectivity index (χ2v) is 7.85. The number of methoxy groups -OCH3 is 1. The Balaban J connectivity index is 1.70. The third kappa shape index (κ3) is 3.83. The van der Waals surface area contributed by atoms with Crippen molar-refractivity contribution in [1.29, 1.82) is 0 Å². The number of fused-ring (bicyclic) bond motifs is 1. The number of nitrogens with one attached hydrogen (secondary N) is 1. The molecule has 0 aliphatic carbocycles. The highest BCUT2D eigenvalue weighted by atomic mass is 35.5. The smallest absolute Gasteiger partial charge is 0.240 e. The molecule has 7 nitrogen and oxygen atoms in total. The molecule has 1 aliphatic rings. The summed E-state index contributed by atoms with van der Waals surface area (Å²) in [6.07, 6.45) is 1.42. The van der Waals surface area contributed by atoms with Gasteiger partial charge in [-0.05, 0) is 23.8 Å². The lowest BCUT2D eigenvalue weighted by Crippen LogP contribution is -2.28. The minimum atomic E-state index is -3.93. The van der Waals surface area contributed by atoms with Gasteiger partial charge in [-0.25, -0.2) is 22.8 Å². The molecule has 0 saturated carbocycles. The van der Waals surface area contributed by atoms with Crippen molar-refractivity contribution in [2.45, 2.75) is 6.42 Å². The molecule has 0 saturated heterocycles. The number of rotatable bonds is 4. The highest BCUT2D eigenvalue weighted by molar-refractivity contribution is 8.07. The number of anilines is 1. The SMILES string of the molecule is COc1ccc(NC(=O)CS(=O)(=O)C2=Nc3cnc(Cl)cc3C2)cc1F. The van der Waals surface area contributed by atoms with Gasteiger partial charge in [0.1, 0.15) is 15.9 Å². The molecule has 26 heavy (non-hydrogen) atoms. The monoisotopic (exact) mass is 397 g/mol. The van der Waals surface area contributed by atoms with E-state index >= 15 is 0 Å². The van der Waals surface area contributed by atoms with Crippen molar-refractivity contribution < 1.29 is 22.3 Å². The van der Waals surface area contributed by atoms with Gasteiger partial charge in [0.2, 0.25) is 15.7 Å². The molecule has 0 fully saturated rings. The molecule has 2 heterocycles. The fourth-order valence-electron chi connectivity index (χ4n) is 2.42. The van der Waals surface area contributed by atoms with E-state index in [4.69, 9.17) is 16.3 Å². The zero-order valence-electron chi connectivity index (χ0n) is 13.5. The van der Waals surface area contributed by atoms with E-state index in [2.05, 4.69) is 15.3 Å². The molecule has 3 rings (SSSR count). The maximum atomic E-state index is 13.6. The normalized spacial score (nSPS) is 13.1. The van der Waals surface area contributed by atoms with Crippen LogP contribution < -0.4 is 10.1 Å². The second-order valence-electron chi connectivity index (χ2n) is 5.47. The van der Waals surface area contributed by atoms with Gasteiger partial charge in [-0.15, -0.1) is 0 Å². The molecule has 1 N–H and O–H groups in total. The van der Waals surface area contributed by atoms with Gasteiger partial charge >= 0.3 is 0 Å². The predicted octanol–water partition coefficient (Wildman–Crippen LogP) is 2.52. The molecule has 1 aliphatic heterocycles. The molecule has 0 bridgehead atoms. The highest BCUT2D eigenvalue weighted by Gasteiger charge is 2.29. The molecule has 0 spiro atoms. The van der Waals surface area contributed by atoms with Crippen LogP contribution in [0.25, 0.3) is 0 Å². The standard InChI is InChI=1S/C16H13ClFN3O4S/c1-25-13-3-2-10(6-11(13)18)20-15(22)8-26(23,24)16-5-9-4-14(17)19-7-12(9)21-16/h2-4,6-7H,5,8H2,1H3,(H,20,22). The zero-order valence-corrected chi connectivity index (χ0v) is 15.1. The van der Waals surface area contributed by atoms with Gasteiger partial charge in [0, 0.05) is 18.2 Å². The summed E-state index contributed by atoms with van der Waals surface area (Å²) in [6.45, 7) is 0. The molecule has 0 atom stereocenters. The largest absolute Gasteiger partial charge is 0.494 e. The summed E-state index contributed by atoms with van der Waals surface area (Å²) in [5.41, 5.74) is 1.16. The minimum absolute atomic E-state index is 0.0148. The first-order valence-electron chi connectivity index (χ1n) is 7.36. The van der Waals surface area contributed by atoms with E-state index in [1.165, 1.54) is 31.5 Å². The molecule has 1 amide bonds. The summed E-state index contributed by atoms with van der Waals surface area (Å²) in [5, 5.41) is 2.44. The maximum absolute atomic E-state index is 13.6. The summed E-state index contributed by atoms with van der Waals surface area (Å²) in [6, 6.07) is 5.31. The number of carbonyl (C=O) groups excluding carboxylic acids is 1. The van der Waals surface area contributed by atoms with Crippen LogP contribution in [-0.2, 0) is 21.1 Å². The van der Waals surface area contributed by atoms with Crippen molar-refractivity contribution in [1.82, 2.24) is 4.98 Å². The van der Waals surface area contributed by atoms with Crippen molar-refractivity contribution in [3.63, 3.8) is 0 Å². The Morgan fingerprint density at radius 1 is 1.38 bits per heavy atom. The van der Waals surface area contributed by atoms with Gasteiger partial charge in [0.15, 0.2) is 11.6 Å². The first-order chi connectivity index (χ1) is 12.3. The number of hydrogen-bond donors (Lipinski definition) is 1. The maximum Gasteiger partial charge on any atom is 0.240 e. The topological polar surface area (TPSA) is 97.7 Å². The number of halogens is 2. The van der Waals surface area contributed by atoms with Crippen LogP contribution in [0.1, 0.15) is 5.56 Å². The number of carbonyl (C=O) groups is 1. The molecule has 1 aromatic heterocycles. The van der Waals surface area contributed by atoms with E-state index in [-0.39, 0.29) is 28.1 Å². The molecule has 10 heteroatoms. The Bertz CT molecular complexity index is 1020. The first kappa shape index (κ1) is 18.3. The van der Waals surface area contributed by atoms with Crippen molar-refractivity contribution in [2.24, 2.45) is 4.99 Å². The van der Waals surface area contributed by atoms with Crippen LogP contribution in [0.5, 0.6) is 5.75 Å². The number of aliphatic imine (C=N–C) groups is 1. The average Bonchev–Trinajstić information content (AvgIpc) is 2.98. The summed E-state index contributed by atoms with van der Waals surface area (Å²) >= 11 is 5.78. The van der Waals surface area contributed by atoms with Crippen LogP contribution >= 0.6 is 11.6 Å². The van der Waals surface area contributed by atoms with E-state index in [9.17, 15) is 17.6 Å². The number of nitrogens with zero attached hydrogens (tertiary/aromatic N) is 2. The van der Waals surface area contributed by atoms with E-state index < -0.39 is 27.3 Å². The summed E-state index contributed by atoms with van der Waals surface area (Å²) in [5.74, 6) is -2.27. The third-order valence-corrected chi connectivity index (χ3v) is 5.44. The number of benzene rings is 1. The van der Waals surface area contributed by atoms with Gasteiger partial charge < -0.3 is 10.1 Å². The average molecular weight is 398 g/mol. The number of hydrogen-bond acceptors (Lipinski definition) is 6. The van der Waals surface area contributed by atoms with E-state index in [0.29, 0.717) is 11.3 Å². The lowest BCUT2D eigenvalue weighted by atomic mass is 10.2. The van der Waals surface area contributed by atoms with Crippen LogP contribution in [0.4, 0.5) is 15.8 Å². The van der Waals surface area contributed by atoms with Crippen LogP contribution in [0, 0.1) is 5.82 Å². The van der Waals surface area contributed by atoms with Crippen molar-refractivity contribution in [2.75, 3.05) is 18.2 Å². The summed E-state index contributed by atoms with van der Waals surface area (Å²) in [7, 11) is -2.62. The van der Waals surface area contributed by atoms with Crippen molar-refractivity contribution in [3.05, 3.63) is 47.0 Å². The quantitative estimate of drug-likeness (QED) is 0.799. The van der Waals surface area contributed by atoms with Gasteiger partial charge in [-0.1, -0.05) is 11.6 Å². The number of aromatic nitrogens is 1. The zero-order chi connectivity index (χ0) is 18.9. The van der Waals surface area contributed by atoms with Crippen LogP contribution in [0.2, 0.25) is 5.15 Å². The van der Waals surface area contributed by atoms with Gasteiger partial charge in [0.05, 0.1) is 19.0 Å². The van der Waals surface area contributed by atoms with Gasteiger partial charge in [-0.3, -0.25) is 4.79 Å². The molecular formula is C16H13ClFN3O4S. The van der Waals surface area contributed by atoms with E-state index in [1.54, 1.807) is 0 Å². The molecule has 2 aromatic rings. The Morgan fingerprint density at radius 3 is 2.85 bits per heavy atom. The Labute approximate surface area is 153 Å². The van der Waals surface area contributed by atoms with Crippen LogP contribution in [-0.4, -0.2) is 37.2 Å². The predicted molar refractivity (Wildman–Crippen MR) is 95.4 cm³/mol. The van der Waals surface area contributed by atoms with Gasteiger partial charge in [0.25, 0.3) is 0 Å². The molecular weight excluding hydrogens is 385 g/mol. The molecule has 136 valence electrons. The first-order valence-corrected chi connectivity index (χ1v) is 9.39. The van der Waals surface area contributed by atoms with Gasteiger partial charge in [-0.2, -0.15) is 0 Å². The minimum Gasteiger partial charge on any atom is -0.494 e. The molecule has 0 unspecified atom stereocenters. The second kappa shape index (κ2) is 7.00. The van der Waals surface area contributed by atoms with E-state index in [1.807, 2.05) is 0 Å². The Kier molecular flexibility index (Phi) is 4.92. The van der Waals surface area contributed by atoms with Crippen LogP contribution in [0.3, 0.4) is 0 Å². The number of pyridine rings is 1. The third-order valence-electron chi connectivity index (χ3n) is 3.63. The molecule has 0 radical (unpaired) electrons. The number of sulfone groups is 1. The fraction of sp³-hybridized carbons (Fsp3) is 0.188. The lowest BCUT2D eigenvalue weighted by molar-refractivity contribution is -0.113.